The first-order valence-corrected chi connectivity index (χ1v) is 6.91. The highest BCUT2D eigenvalue weighted by atomic mass is 16.5. The van der Waals surface area contributed by atoms with Gasteiger partial charge in [-0.3, -0.25) is 9.69 Å². The Bertz CT molecular complexity index is 431. The van der Waals surface area contributed by atoms with Crippen molar-refractivity contribution < 1.29 is 14.3 Å². The highest BCUT2D eigenvalue weighted by molar-refractivity contribution is 5.78. The molecule has 0 spiro atoms. The molecule has 0 aromatic heterocycles. The number of hydrogen-bond donors (Lipinski definition) is 1. The molecule has 1 aromatic rings. The van der Waals surface area contributed by atoms with Crippen molar-refractivity contribution in [1.29, 1.82) is 0 Å². The minimum absolute atomic E-state index is 0.0593. The van der Waals surface area contributed by atoms with Crippen molar-refractivity contribution in [1.82, 2.24) is 10.2 Å². The van der Waals surface area contributed by atoms with Gasteiger partial charge in [0, 0.05) is 26.7 Å². The summed E-state index contributed by atoms with van der Waals surface area (Å²) in [4.78, 5) is 14.0. The molecule has 5 nitrogen and oxygen atoms in total. The standard InChI is InChI=1S/C15H22N2O3/c1-19-12-14-4-2-3-13(9-14)10-16-15(18)11-17-5-7-20-8-6-17/h2-4,9H,5-8,10-12H2,1H3,(H,16,18). The summed E-state index contributed by atoms with van der Waals surface area (Å²) in [6.07, 6.45) is 0. The Balaban J connectivity index is 1.76. The van der Waals surface area contributed by atoms with Gasteiger partial charge < -0.3 is 14.8 Å². The van der Waals surface area contributed by atoms with Crippen LogP contribution in [0.4, 0.5) is 0 Å². The second kappa shape index (κ2) is 7.99. The van der Waals surface area contributed by atoms with E-state index in [2.05, 4.69) is 16.3 Å². The molecule has 5 heteroatoms. The van der Waals surface area contributed by atoms with Gasteiger partial charge in [-0.15, -0.1) is 0 Å². The minimum atomic E-state index is 0.0593. The molecule has 2 rings (SSSR count). The molecule has 1 aliphatic heterocycles. The normalized spacial score (nSPS) is 16.1. The molecule has 110 valence electrons. The van der Waals surface area contributed by atoms with E-state index in [-0.39, 0.29) is 5.91 Å². The highest BCUT2D eigenvalue weighted by Crippen LogP contribution is 2.06. The Hall–Kier alpha value is -1.43. The third kappa shape index (κ3) is 4.92. The van der Waals surface area contributed by atoms with Crippen LogP contribution in [0, 0.1) is 0 Å². The summed E-state index contributed by atoms with van der Waals surface area (Å²) in [5.41, 5.74) is 2.21. The fourth-order valence-corrected chi connectivity index (χ4v) is 2.21. The van der Waals surface area contributed by atoms with E-state index in [4.69, 9.17) is 9.47 Å². The summed E-state index contributed by atoms with van der Waals surface area (Å²) >= 11 is 0. The number of benzene rings is 1. The quantitative estimate of drug-likeness (QED) is 0.835. The number of carbonyl (C=O) groups is 1. The average Bonchev–Trinajstić information content (AvgIpc) is 2.47. The largest absolute Gasteiger partial charge is 0.380 e. The highest BCUT2D eigenvalue weighted by Gasteiger charge is 2.13. The van der Waals surface area contributed by atoms with E-state index in [9.17, 15) is 4.79 Å². The van der Waals surface area contributed by atoms with Crippen molar-refractivity contribution in [3.8, 4) is 0 Å². The summed E-state index contributed by atoms with van der Waals surface area (Å²) in [6, 6.07) is 8.06. The Morgan fingerprint density at radius 2 is 2.10 bits per heavy atom. The van der Waals surface area contributed by atoms with E-state index in [0.29, 0.717) is 32.9 Å². The minimum Gasteiger partial charge on any atom is -0.380 e. The van der Waals surface area contributed by atoms with Gasteiger partial charge in [0.2, 0.25) is 5.91 Å². The molecule has 1 N–H and O–H groups in total. The maximum absolute atomic E-state index is 11.9. The number of amides is 1. The first-order valence-electron chi connectivity index (χ1n) is 6.91. The van der Waals surface area contributed by atoms with Crippen molar-refractivity contribution in [3.05, 3.63) is 35.4 Å². The maximum Gasteiger partial charge on any atom is 0.234 e. The van der Waals surface area contributed by atoms with E-state index < -0.39 is 0 Å². The predicted octanol–water partition coefficient (Wildman–Crippen LogP) is 0.781. The average molecular weight is 278 g/mol. The van der Waals surface area contributed by atoms with Gasteiger partial charge in [0.25, 0.3) is 0 Å². The van der Waals surface area contributed by atoms with Crippen LogP contribution in [-0.4, -0.2) is 50.8 Å². The Kier molecular flexibility index (Phi) is 5.98. The van der Waals surface area contributed by atoms with Crippen molar-refractivity contribution in [2.45, 2.75) is 13.2 Å². The van der Waals surface area contributed by atoms with E-state index in [1.54, 1.807) is 7.11 Å². The molecule has 0 bridgehead atoms. The van der Waals surface area contributed by atoms with E-state index in [1.807, 2.05) is 18.2 Å². The zero-order chi connectivity index (χ0) is 14.2. The summed E-state index contributed by atoms with van der Waals surface area (Å²) in [7, 11) is 1.68. The topological polar surface area (TPSA) is 50.8 Å². The lowest BCUT2D eigenvalue weighted by Crippen LogP contribution is -2.43. The lowest BCUT2D eigenvalue weighted by atomic mass is 10.1. The van der Waals surface area contributed by atoms with Crippen LogP contribution in [0.25, 0.3) is 0 Å². The lowest BCUT2D eigenvalue weighted by Gasteiger charge is -2.25. The van der Waals surface area contributed by atoms with Gasteiger partial charge >= 0.3 is 0 Å². The van der Waals surface area contributed by atoms with Gasteiger partial charge in [-0.25, -0.2) is 0 Å². The molecule has 0 unspecified atom stereocenters. The number of hydrogen-bond acceptors (Lipinski definition) is 4. The van der Waals surface area contributed by atoms with Crippen LogP contribution in [0.2, 0.25) is 0 Å². The van der Waals surface area contributed by atoms with Crippen LogP contribution in [0.1, 0.15) is 11.1 Å². The lowest BCUT2D eigenvalue weighted by molar-refractivity contribution is -0.123. The number of nitrogens with zero attached hydrogens (tertiary/aromatic N) is 1. The molecule has 0 saturated carbocycles. The molecule has 1 amide bonds. The monoisotopic (exact) mass is 278 g/mol. The SMILES string of the molecule is COCc1cccc(CNC(=O)CN2CCOCC2)c1. The van der Waals surface area contributed by atoms with Crippen LogP contribution >= 0.6 is 0 Å². The molecule has 20 heavy (non-hydrogen) atoms. The smallest absolute Gasteiger partial charge is 0.234 e. The molecular formula is C15H22N2O3. The van der Waals surface area contributed by atoms with Gasteiger partial charge in [-0.2, -0.15) is 0 Å². The first-order chi connectivity index (χ1) is 9.78. The van der Waals surface area contributed by atoms with Crippen molar-refractivity contribution in [2.75, 3.05) is 40.0 Å². The third-order valence-electron chi connectivity index (χ3n) is 3.26. The zero-order valence-electron chi connectivity index (χ0n) is 11.9. The number of carbonyl (C=O) groups excluding carboxylic acids is 1. The molecule has 0 aliphatic carbocycles. The molecule has 1 heterocycles. The van der Waals surface area contributed by atoms with E-state index in [1.165, 1.54) is 0 Å². The molecular weight excluding hydrogens is 256 g/mol. The fraction of sp³-hybridized carbons (Fsp3) is 0.533. The summed E-state index contributed by atoms with van der Waals surface area (Å²) in [6.45, 7) is 4.68. The molecule has 1 aliphatic rings. The zero-order valence-corrected chi connectivity index (χ0v) is 11.9. The van der Waals surface area contributed by atoms with Crippen LogP contribution < -0.4 is 5.32 Å². The summed E-state index contributed by atoms with van der Waals surface area (Å²) in [5.74, 6) is 0.0593. The van der Waals surface area contributed by atoms with Gasteiger partial charge in [0.1, 0.15) is 0 Å². The fourth-order valence-electron chi connectivity index (χ4n) is 2.21. The van der Waals surface area contributed by atoms with Gasteiger partial charge in [-0.05, 0) is 11.1 Å². The van der Waals surface area contributed by atoms with Crippen molar-refractivity contribution >= 4 is 5.91 Å². The number of ether oxygens (including phenoxy) is 2. The van der Waals surface area contributed by atoms with E-state index in [0.717, 1.165) is 24.2 Å². The number of morpholine rings is 1. The second-order valence-electron chi connectivity index (χ2n) is 4.92. The van der Waals surface area contributed by atoms with Crippen LogP contribution in [0.5, 0.6) is 0 Å². The maximum atomic E-state index is 11.9. The van der Waals surface area contributed by atoms with E-state index >= 15 is 0 Å². The molecule has 0 radical (unpaired) electrons. The van der Waals surface area contributed by atoms with Crippen LogP contribution in [0.3, 0.4) is 0 Å². The van der Waals surface area contributed by atoms with Gasteiger partial charge in [-0.1, -0.05) is 24.3 Å². The number of rotatable bonds is 6. The Morgan fingerprint density at radius 3 is 2.85 bits per heavy atom. The molecule has 0 atom stereocenters. The molecule has 1 saturated heterocycles. The summed E-state index contributed by atoms with van der Waals surface area (Å²) in [5, 5.41) is 2.95. The van der Waals surface area contributed by atoms with Gasteiger partial charge in [0.15, 0.2) is 0 Å². The number of nitrogens with one attached hydrogen (secondary N) is 1. The first kappa shape index (κ1) is 15.0. The van der Waals surface area contributed by atoms with Gasteiger partial charge in [0.05, 0.1) is 26.4 Å². The predicted molar refractivity (Wildman–Crippen MR) is 76.3 cm³/mol. The summed E-state index contributed by atoms with van der Waals surface area (Å²) < 4.78 is 10.4. The third-order valence-corrected chi connectivity index (χ3v) is 3.26. The molecule has 1 aromatic carbocycles. The van der Waals surface area contributed by atoms with Crippen LogP contribution in [0.15, 0.2) is 24.3 Å². The van der Waals surface area contributed by atoms with Crippen molar-refractivity contribution in [2.24, 2.45) is 0 Å². The second-order valence-corrected chi connectivity index (χ2v) is 4.92. The Labute approximate surface area is 119 Å². The number of methoxy groups -OCH3 is 1. The Morgan fingerprint density at radius 1 is 1.35 bits per heavy atom. The van der Waals surface area contributed by atoms with Crippen LogP contribution in [-0.2, 0) is 27.4 Å². The molecule has 1 fully saturated rings. The van der Waals surface area contributed by atoms with Crippen molar-refractivity contribution in [3.63, 3.8) is 0 Å².